The maximum Gasteiger partial charge on any atom is 0.307 e. The maximum atomic E-state index is 10.9. The second kappa shape index (κ2) is 6.54. The molecule has 5 heteroatoms. The van der Waals surface area contributed by atoms with Gasteiger partial charge in [-0.1, -0.05) is 13.8 Å². The molecule has 0 unspecified atom stereocenters. The summed E-state index contributed by atoms with van der Waals surface area (Å²) in [4.78, 5) is 13.0. The van der Waals surface area contributed by atoms with Crippen LogP contribution in [0.3, 0.4) is 0 Å². The summed E-state index contributed by atoms with van der Waals surface area (Å²) in [6, 6.07) is 0. The number of nitrogens with zero attached hydrogens (tertiary/aromatic N) is 3. The number of rotatable bonds is 7. The molecule has 0 saturated heterocycles. The lowest BCUT2D eigenvalue weighted by Gasteiger charge is -2.11. The van der Waals surface area contributed by atoms with Crippen LogP contribution in [-0.2, 0) is 30.6 Å². The Morgan fingerprint density at radius 1 is 1.33 bits per heavy atom. The van der Waals surface area contributed by atoms with E-state index in [-0.39, 0.29) is 6.42 Å². The van der Waals surface area contributed by atoms with E-state index < -0.39 is 5.97 Å². The Labute approximate surface area is 108 Å². The van der Waals surface area contributed by atoms with Gasteiger partial charge in [0.25, 0.3) is 0 Å². The second-order valence-electron chi connectivity index (χ2n) is 4.68. The summed E-state index contributed by atoms with van der Waals surface area (Å²) < 4.78 is 1.97. The predicted molar refractivity (Wildman–Crippen MR) is 70.9 cm³/mol. The van der Waals surface area contributed by atoms with Crippen LogP contribution in [0.1, 0.15) is 30.8 Å². The van der Waals surface area contributed by atoms with Crippen LogP contribution in [0.2, 0.25) is 0 Å². The Morgan fingerprint density at radius 2 is 2.00 bits per heavy atom. The Hall–Kier alpha value is -1.36. The van der Waals surface area contributed by atoms with E-state index >= 15 is 0 Å². The molecule has 1 aromatic heterocycles. The Morgan fingerprint density at radius 3 is 2.44 bits per heavy atom. The summed E-state index contributed by atoms with van der Waals surface area (Å²) in [6.07, 6.45) is 1.68. The molecule has 0 aliphatic heterocycles. The van der Waals surface area contributed by atoms with Crippen molar-refractivity contribution in [2.45, 2.75) is 39.7 Å². The van der Waals surface area contributed by atoms with Crippen molar-refractivity contribution in [1.29, 1.82) is 0 Å². The van der Waals surface area contributed by atoms with Crippen molar-refractivity contribution in [3.63, 3.8) is 0 Å². The number of hydrogen-bond acceptors (Lipinski definition) is 3. The van der Waals surface area contributed by atoms with E-state index in [4.69, 9.17) is 5.11 Å². The minimum absolute atomic E-state index is 0.0777. The average molecular weight is 253 g/mol. The molecule has 0 aliphatic carbocycles. The third-order valence-electron chi connectivity index (χ3n) is 3.01. The van der Waals surface area contributed by atoms with Crippen LogP contribution in [0.15, 0.2) is 0 Å². The summed E-state index contributed by atoms with van der Waals surface area (Å²) in [6.45, 7) is 5.78. The van der Waals surface area contributed by atoms with Crippen LogP contribution in [0.25, 0.3) is 0 Å². The molecule has 0 atom stereocenters. The fourth-order valence-corrected chi connectivity index (χ4v) is 2.10. The molecule has 1 rings (SSSR count). The fourth-order valence-electron chi connectivity index (χ4n) is 2.10. The molecule has 0 bridgehead atoms. The smallest absolute Gasteiger partial charge is 0.307 e. The molecule has 0 spiro atoms. The van der Waals surface area contributed by atoms with Crippen molar-refractivity contribution in [2.24, 2.45) is 0 Å². The topological polar surface area (TPSA) is 58.4 Å². The van der Waals surface area contributed by atoms with Gasteiger partial charge in [0.1, 0.15) is 0 Å². The number of carboxylic acid groups (broad SMARTS) is 1. The molecule has 0 saturated carbocycles. The summed E-state index contributed by atoms with van der Waals surface area (Å²) in [5.41, 5.74) is 2.90. The van der Waals surface area contributed by atoms with Crippen LogP contribution in [-0.4, -0.2) is 46.4 Å². The number of likely N-dealkylation sites (N-methyl/N-ethyl adjacent to an activating group) is 1. The van der Waals surface area contributed by atoms with Gasteiger partial charge >= 0.3 is 5.97 Å². The third kappa shape index (κ3) is 3.57. The fraction of sp³-hybridized carbons (Fsp3) is 0.692. The van der Waals surface area contributed by atoms with Crippen LogP contribution in [0.5, 0.6) is 0 Å². The van der Waals surface area contributed by atoms with Crippen molar-refractivity contribution in [2.75, 3.05) is 20.6 Å². The van der Waals surface area contributed by atoms with Crippen molar-refractivity contribution in [3.8, 4) is 0 Å². The van der Waals surface area contributed by atoms with E-state index in [0.29, 0.717) is 0 Å². The highest BCUT2D eigenvalue weighted by Crippen LogP contribution is 2.17. The molecule has 1 aromatic rings. The van der Waals surface area contributed by atoms with Gasteiger partial charge in [0, 0.05) is 17.8 Å². The van der Waals surface area contributed by atoms with E-state index in [1.54, 1.807) is 0 Å². The van der Waals surface area contributed by atoms with Gasteiger partial charge < -0.3 is 10.0 Å². The molecule has 18 heavy (non-hydrogen) atoms. The van der Waals surface area contributed by atoms with E-state index in [9.17, 15) is 4.79 Å². The first kappa shape index (κ1) is 14.7. The molecule has 5 nitrogen and oxygen atoms in total. The zero-order chi connectivity index (χ0) is 13.7. The number of aryl methyl sites for hydroxylation is 1. The van der Waals surface area contributed by atoms with E-state index in [1.807, 2.05) is 32.6 Å². The predicted octanol–water partition coefficient (Wildman–Crippen LogP) is 1.20. The molecular formula is C13H23N3O2. The standard InChI is InChI=1S/C13H23N3O2/c1-5-11-10(9-13(17)18)12(6-2)16(14-11)8-7-15(3)4/h5-9H2,1-4H3,(H,17,18). The van der Waals surface area contributed by atoms with E-state index in [1.165, 1.54) is 0 Å². The Balaban J connectivity index is 3.03. The van der Waals surface area contributed by atoms with Gasteiger partial charge in [-0.15, -0.1) is 0 Å². The van der Waals surface area contributed by atoms with Gasteiger partial charge in [-0.2, -0.15) is 5.10 Å². The first-order valence-electron chi connectivity index (χ1n) is 6.43. The monoisotopic (exact) mass is 253 g/mol. The molecule has 102 valence electrons. The third-order valence-corrected chi connectivity index (χ3v) is 3.01. The summed E-state index contributed by atoms with van der Waals surface area (Å²) in [7, 11) is 4.04. The molecule has 1 N–H and O–H groups in total. The highest BCUT2D eigenvalue weighted by atomic mass is 16.4. The van der Waals surface area contributed by atoms with Crippen molar-refractivity contribution in [3.05, 3.63) is 17.0 Å². The zero-order valence-corrected chi connectivity index (χ0v) is 11.7. The average Bonchev–Trinajstić information content (AvgIpc) is 2.62. The summed E-state index contributed by atoms with van der Waals surface area (Å²) in [5, 5.41) is 13.5. The van der Waals surface area contributed by atoms with Crippen molar-refractivity contribution < 1.29 is 9.90 Å². The summed E-state index contributed by atoms with van der Waals surface area (Å²) in [5.74, 6) is -0.786. The van der Waals surface area contributed by atoms with Crippen molar-refractivity contribution >= 4 is 5.97 Å². The summed E-state index contributed by atoms with van der Waals surface area (Å²) >= 11 is 0. The van der Waals surface area contributed by atoms with Crippen LogP contribution in [0.4, 0.5) is 0 Å². The van der Waals surface area contributed by atoms with Gasteiger partial charge in [0.05, 0.1) is 18.7 Å². The number of aromatic nitrogens is 2. The number of aliphatic carboxylic acids is 1. The first-order chi connectivity index (χ1) is 8.49. The molecule has 0 aromatic carbocycles. The Bertz CT molecular complexity index is 411. The van der Waals surface area contributed by atoms with Gasteiger partial charge in [-0.25, -0.2) is 0 Å². The molecule has 0 amide bonds. The van der Waals surface area contributed by atoms with E-state index in [0.717, 1.165) is 42.9 Å². The van der Waals surface area contributed by atoms with Gasteiger partial charge in [-0.3, -0.25) is 9.48 Å². The maximum absolute atomic E-state index is 10.9. The quantitative estimate of drug-likeness (QED) is 0.793. The Kier molecular flexibility index (Phi) is 5.34. The highest BCUT2D eigenvalue weighted by Gasteiger charge is 2.17. The van der Waals surface area contributed by atoms with Crippen LogP contribution < -0.4 is 0 Å². The lowest BCUT2D eigenvalue weighted by molar-refractivity contribution is -0.136. The van der Waals surface area contributed by atoms with E-state index in [2.05, 4.69) is 10.00 Å². The molecule has 0 aliphatic rings. The molecular weight excluding hydrogens is 230 g/mol. The van der Waals surface area contributed by atoms with Gasteiger partial charge in [0.15, 0.2) is 0 Å². The van der Waals surface area contributed by atoms with Gasteiger partial charge in [-0.05, 0) is 26.9 Å². The molecule has 0 fully saturated rings. The number of carbonyl (C=O) groups is 1. The zero-order valence-electron chi connectivity index (χ0n) is 11.7. The van der Waals surface area contributed by atoms with Crippen LogP contribution in [0, 0.1) is 0 Å². The first-order valence-corrected chi connectivity index (χ1v) is 6.43. The van der Waals surface area contributed by atoms with Crippen molar-refractivity contribution in [1.82, 2.24) is 14.7 Å². The normalized spacial score (nSPS) is 11.2. The SMILES string of the molecule is CCc1nn(CCN(C)C)c(CC)c1CC(=O)O. The largest absolute Gasteiger partial charge is 0.481 e. The number of carboxylic acids is 1. The van der Waals surface area contributed by atoms with Crippen LogP contribution >= 0.6 is 0 Å². The number of hydrogen-bond donors (Lipinski definition) is 1. The minimum Gasteiger partial charge on any atom is -0.481 e. The van der Waals surface area contributed by atoms with Gasteiger partial charge in [0.2, 0.25) is 0 Å². The minimum atomic E-state index is -0.786. The lowest BCUT2D eigenvalue weighted by Crippen LogP contribution is -2.20. The molecule has 0 radical (unpaired) electrons. The second-order valence-corrected chi connectivity index (χ2v) is 4.68. The molecule has 1 heterocycles. The highest BCUT2D eigenvalue weighted by molar-refractivity contribution is 5.71. The lowest BCUT2D eigenvalue weighted by atomic mass is 10.1.